The highest BCUT2D eigenvalue weighted by Crippen LogP contribution is 2.03. The Bertz CT molecular complexity index is 267. The summed E-state index contributed by atoms with van der Waals surface area (Å²) in [4.78, 5) is 0. The smallest absolute Gasteiger partial charge is 0.0227 e. The van der Waals surface area contributed by atoms with Gasteiger partial charge >= 0.3 is 0 Å². The molecule has 0 fully saturated rings. The Kier molecular flexibility index (Phi) is 4.97. The molecule has 76 valence electrons. The van der Waals surface area contributed by atoms with Crippen molar-refractivity contribution < 1.29 is 0 Å². The summed E-state index contributed by atoms with van der Waals surface area (Å²) in [7, 11) is 0. The Balaban J connectivity index is 2.39. The fourth-order valence-electron chi connectivity index (χ4n) is 1.25. The first-order valence-corrected chi connectivity index (χ1v) is 5.02. The van der Waals surface area contributed by atoms with Crippen molar-refractivity contribution in [2.45, 2.75) is 18.9 Å². The highest BCUT2D eigenvalue weighted by Gasteiger charge is 1.95. The molecule has 0 saturated heterocycles. The lowest BCUT2D eigenvalue weighted by molar-refractivity contribution is 0.676. The molecule has 1 rings (SSSR count). The van der Waals surface area contributed by atoms with E-state index in [1.54, 1.807) is 0 Å². The molecule has 0 radical (unpaired) electrons. The molecule has 2 heteroatoms. The number of benzene rings is 1. The summed E-state index contributed by atoms with van der Waals surface area (Å²) in [6, 6.07) is 10.3. The summed E-state index contributed by atoms with van der Waals surface area (Å²) < 4.78 is 0. The van der Waals surface area contributed by atoms with Gasteiger partial charge in [0.25, 0.3) is 0 Å². The third kappa shape index (κ3) is 4.21. The van der Waals surface area contributed by atoms with E-state index in [1.807, 2.05) is 24.3 Å². The Morgan fingerprint density at radius 2 is 1.93 bits per heavy atom. The van der Waals surface area contributed by atoms with Gasteiger partial charge in [0.15, 0.2) is 0 Å². The molecular formula is C12H18N2. The maximum Gasteiger partial charge on any atom is 0.0227 e. The van der Waals surface area contributed by atoms with Crippen LogP contribution < -0.4 is 11.5 Å². The van der Waals surface area contributed by atoms with Gasteiger partial charge in [0, 0.05) is 6.04 Å². The van der Waals surface area contributed by atoms with Crippen molar-refractivity contribution in [3.63, 3.8) is 0 Å². The molecule has 1 atom stereocenters. The molecule has 1 unspecified atom stereocenters. The number of nitrogens with two attached hydrogens (primary N) is 2. The molecule has 0 spiro atoms. The minimum atomic E-state index is 0.124. The van der Waals surface area contributed by atoms with Gasteiger partial charge in [0.05, 0.1) is 0 Å². The first-order valence-electron chi connectivity index (χ1n) is 5.02. The summed E-state index contributed by atoms with van der Waals surface area (Å²) in [5.41, 5.74) is 12.5. The average Bonchev–Trinajstić information content (AvgIpc) is 2.25. The molecule has 0 aliphatic rings. The lowest BCUT2D eigenvalue weighted by atomic mass is 10.1. The lowest BCUT2D eigenvalue weighted by Gasteiger charge is -2.04. The summed E-state index contributed by atoms with van der Waals surface area (Å²) in [5.74, 6) is 0. The van der Waals surface area contributed by atoms with Gasteiger partial charge in [-0.1, -0.05) is 42.5 Å². The molecule has 14 heavy (non-hydrogen) atoms. The van der Waals surface area contributed by atoms with E-state index in [2.05, 4.69) is 18.2 Å². The maximum atomic E-state index is 5.87. The molecule has 4 N–H and O–H groups in total. The van der Waals surface area contributed by atoms with Crippen molar-refractivity contribution >= 4 is 6.08 Å². The molecule has 1 aromatic carbocycles. The van der Waals surface area contributed by atoms with Crippen LogP contribution in [0.15, 0.2) is 36.4 Å². The summed E-state index contributed by atoms with van der Waals surface area (Å²) in [6.07, 6.45) is 6.03. The highest BCUT2D eigenvalue weighted by molar-refractivity contribution is 5.49. The van der Waals surface area contributed by atoms with Crippen molar-refractivity contribution in [2.75, 3.05) is 6.54 Å². The quantitative estimate of drug-likeness (QED) is 0.743. The molecule has 0 saturated carbocycles. The van der Waals surface area contributed by atoms with E-state index in [-0.39, 0.29) is 6.04 Å². The van der Waals surface area contributed by atoms with Crippen molar-refractivity contribution in [1.29, 1.82) is 0 Å². The molecular weight excluding hydrogens is 172 g/mol. The monoisotopic (exact) mass is 190 g/mol. The van der Waals surface area contributed by atoms with Crippen LogP contribution in [0.5, 0.6) is 0 Å². The molecule has 0 amide bonds. The Hall–Kier alpha value is -1.12. The Morgan fingerprint density at radius 3 is 2.57 bits per heavy atom. The van der Waals surface area contributed by atoms with Gasteiger partial charge in [-0.25, -0.2) is 0 Å². The van der Waals surface area contributed by atoms with Gasteiger partial charge in [-0.2, -0.15) is 0 Å². The number of hydrogen-bond donors (Lipinski definition) is 2. The molecule has 2 nitrogen and oxygen atoms in total. The van der Waals surface area contributed by atoms with Crippen molar-refractivity contribution in [3.8, 4) is 0 Å². The predicted molar refractivity (Wildman–Crippen MR) is 61.7 cm³/mol. The van der Waals surface area contributed by atoms with E-state index in [0.717, 1.165) is 12.8 Å². The standard InChI is InChI=1S/C12H18N2/c13-10-4-7-12(14)9-8-11-5-2-1-3-6-11/h1-3,5-6,8-9,12H,4,7,10,13-14H2. The van der Waals surface area contributed by atoms with Crippen LogP contribution in [-0.4, -0.2) is 12.6 Å². The van der Waals surface area contributed by atoms with Crippen LogP contribution >= 0.6 is 0 Å². The molecule has 0 heterocycles. The molecule has 0 aliphatic carbocycles. The second-order valence-electron chi connectivity index (χ2n) is 3.36. The van der Waals surface area contributed by atoms with Gasteiger partial charge in [-0.05, 0) is 24.9 Å². The van der Waals surface area contributed by atoms with Crippen LogP contribution in [0.2, 0.25) is 0 Å². The van der Waals surface area contributed by atoms with E-state index in [1.165, 1.54) is 5.56 Å². The highest BCUT2D eigenvalue weighted by atomic mass is 14.6. The van der Waals surface area contributed by atoms with E-state index in [4.69, 9.17) is 11.5 Å². The topological polar surface area (TPSA) is 52.0 Å². The SMILES string of the molecule is NCCCC(N)C=Cc1ccccc1. The number of rotatable bonds is 5. The van der Waals surface area contributed by atoms with Gasteiger partial charge in [0.2, 0.25) is 0 Å². The van der Waals surface area contributed by atoms with E-state index >= 15 is 0 Å². The fraction of sp³-hybridized carbons (Fsp3) is 0.333. The third-order valence-corrected chi connectivity index (χ3v) is 2.08. The minimum absolute atomic E-state index is 0.124. The zero-order valence-corrected chi connectivity index (χ0v) is 8.39. The van der Waals surface area contributed by atoms with Gasteiger partial charge < -0.3 is 11.5 Å². The Labute approximate surface area is 85.6 Å². The molecule has 0 aromatic heterocycles. The van der Waals surface area contributed by atoms with Crippen LogP contribution in [0, 0.1) is 0 Å². The van der Waals surface area contributed by atoms with Gasteiger partial charge in [-0.15, -0.1) is 0 Å². The van der Waals surface area contributed by atoms with E-state index in [9.17, 15) is 0 Å². The first kappa shape index (κ1) is 11.0. The largest absolute Gasteiger partial charge is 0.330 e. The predicted octanol–water partition coefficient (Wildman–Crippen LogP) is 1.77. The zero-order valence-electron chi connectivity index (χ0n) is 8.39. The fourth-order valence-corrected chi connectivity index (χ4v) is 1.25. The summed E-state index contributed by atoms with van der Waals surface area (Å²) >= 11 is 0. The average molecular weight is 190 g/mol. The van der Waals surface area contributed by atoms with Crippen LogP contribution in [-0.2, 0) is 0 Å². The summed E-state index contributed by atoms with van der Waals surface area (Å²) in [6.45, 7) is 0.715. The van der Waals surface area contributed by atoms with Crippen molar-refractivity contribution in [2.24, 2.45) is 11.5 Å². The van der Waals surface area contributed by atoms with Crippen molar-refractivity contribution in [1.82, 2.24) is 0 Å². The molecule has 1 aromatic rings. The second kappa shape index (κ2) is 6.35. The van der Waals surface area contributed by atoms with E-state index in [0.29, 0.717) is 6.54 Å². The normalized spacial score (nSPS) is 13.3. The first-order chi connectivity index (χ1) is 6.83. The lowest BCUT2D eigenvalue weighted by Crippen LogP contribution is -2.17. The maximum absolute atomic E-state index is 5.87. The van der Waals surface area contributed by atoms with Crippen molar-refractivity contribution in [3.05, 3.63) is 42.0 Å². The Morgan fingerprint density at radius 1 is 1.21 bits per heavy atom. The summed E-state index contributed by atoms with van der Waals surface area (Å²) in [5, 5.41) is 0. The van der Waals surface area contributed by atoms with Gasteiger partial charge in [0.1, 0.15) is 0 Å². The van der Waals surface area contributed by atoms with Crippen LogP contribution in [0.3, 0.4) is 0 Å². The molecule has 0 bridgehead atoms. The minimum Gasteiger partial charge on any atom is -0.330 e. The van der Waals surface area contributed by atoms with Crippen LogP contribution in [0.4, 0.5) is 0 Å². The van der Waals surface area contributed by atoms with Crippen LogP contribution in [0.1, 0.15) is 18.4 Å². The van der Waals surface area contributed by atoms with Gasteiger partial charge in [-0.3, -0.25) is 0 Å². The second-order valence-corrected chi connectivity index (χ2v) is 3.36. The third-order valence-electron chi connectivity index (χ3n) is 2.08. The van der Waals surface area contributed by atoms with Crippen LogP contribution in [0.25, 0.3) is 6.08 Å². The van der Waals surface area contributed by atoms with E-state index < -0.39 is 0 Å². The number of hydrogen-bond acceptors (Lipinski definition) is 2. The zero-order chi connectivity index (χ0) is 10.2. The molecule has 0 aliphatic heterocycles.